The topological polar surface area (TPSA) is 77.8 Å². The van der Waals surface area contributed by atoms with Crippen LogP contribution in [-0.2, 0) is 0 Å². The summed E-state index contributed by atoms with van der Waals surface area (Å²) < 4.78 is 5.41. The number of benzene rings is 1. The maximum absolute atomic E-state index is 5.75. The van der Waals surface area contributed by atoms with E-state index in [4.69, 9.17) is 10.2 Å². The number of anilines is 1. The minimum absolute atomic E-state index is 0.349. The van der Waals surface area contributed by atoms with Gasteiger partial charge in [0.25, 0.3) is 0 Å². The van der Waals surface area contributed by atoms with Crippen molar-refractivity contribution in [3.05, 3.63) is 36.9 Å². The van der Waals surface area contributed by atoms with Gasteiger partial charge < -0.3 is 10.2 Å². The first-order valence-corrected chi connectivity index (χ1v) is 4.76. The highest BCUT2D eigenvalue weighted by molar-refractivity contribution is 5.94. The highest BCUT2D eigenvalue weighted by Gasteiger charge is 2.12. The van der Waals surface area contributed by atoms with E-state index in [0.29, 0.717) is 11.5 Å². The second-order valence-electron chi connectivity index (χ2n) is 3.34. The van der Waals surface area contributed by atoms with Crippen LogP contribution in [0.15, 0.2) is 41.3 Å². The summed E-state index contributed by atoms with van der Waals surface area (Å²) in [6.07, 6.45) is 2.94. The molecular weight excluding hydrogens is 204 g/mol. The number of furan rings is 1. The van der Waals surface area contributed by atoms with Crippen molar-refractivity contribution in [2.24, 2.45) is 0 Å². The minimum Gasteiger partial charge on any atom is -0.464 e. The van der Waals surface area contributed by atoms with Crippen molar-refractivity contribution in [3.8, 4) is 11.3 Å². The van der Waals surface area contributed by atoms with Crippen LogP contribution in [0.2, 0.25) is 0 Å². The molecule has 0 bridgehead atoms. The van der Waals surface area contributed by atoms with Crippen molar-refractivity contribution < 1.29 is 4.42 Å². The van der Waals surface area contributed by atoms with Gasteiger partial charge in [-0.15, -0.1) is 10.2 Å². The monoisotopic (exact) mass is 212 g/mol. The Kier molecular flexibility index (Phi) is 1.83. The van der Waals surface area contributed by atoms with Crippen LogP contribution >= 0.6 is 0 Å². The molecule has 3 rings (SSSR count). The summed E-state index contributed by atoms with van der Waals surface area (Å²) in [6.45, 7) is 0. The number of nitrogens with zero attached hydrogens (tertiary/aromatic N) is 3. The number of para-hydroxylation sites is 1. The molecule has 0 spiro atoms. The first kappa shape index (κ1) is 8.84. The number of rotatable bonds is 1. The Morgan fingerprint density at radius 3 is 2.94 bits per heavy atom. The summed E-state index contributed by atoms with van der Waals surface area (Å²) in [5.41, 5.74) is 7.90. The van der Waals surface area contributed by atoms with Gasteiger partial charge in [0, 0.05) is 5.39 Å². The summed E-state index contributed by atoms with van der Waals surface area (Å²) in [4.78, 5) is 3.90. The SMILES string of the molecule is Nc1ncnnc1-c1coc2ccccc12. The minimum atomic E-state index is 0.349. The summed E-state index contributed by atoms with van der Waals surface area (Å²) in [7, 11) is 0. The highest BCUT2D eigenvalue weighted by atomic mass is 16.3. The van der Waals surface area contributed by atoms with Crippen LogP contribution < -0.4 is 5.73 Å². The lowest BCUT2D eigenvalue weighted by Crippen LogP contribution is -1.97. The van der Waals surface area contributed by atoms with E-state index in [9.17, 15) is 0 Å². The van der Waals surface area contributed by atoms with Gasteiger partial charge in [-0.1, -0.05) is 18.2 Å². The molecule has 0 radical (unpaired) electrons. The molecule has 16 heavy (non-hydrogen) atoms. The van der Waals surface area contributed by atoms with Gasteiger partial charge in [0.1, 0.15) is 23.9 Å². The largest absolute Gasteiger partial charge is 0.464 e. The molecule has 0 unspecified atom stereocenters. The van der Waals surface area contributed by atoms with Crippen molar-refractivity contribution in [1.82, 2.24) is 15.2 Å². The van der Waals surface area contributed by atoms with Gasteiger partial charge in [0.2, 0.25) is 0 Å². The molecule has 0 atom stereocenters. The van der Waals surface area contributed by atoms with Crippen molar-refractivity contribution >= 4 is 16.8 Å². The van der Waals surface area contributed by atoms with Gasteiger partial charge in [-0.3, -0.25) is 0 Å². The van der Waals surface area contributed by atoms with E-state index in [1.165, 1.54) is 6.33 Å². The fourth-order valence-corrected chi connectivity index (χ4v) is 1.64. The quantitative estimate of drug-likeness (QED) is 0.666. The average molecular weight is 212 g/mol. The van der Waals surface area contributed by atoms with E-state index in [-0.39, 0.29) is 0 Å². The van der Waals surface area contributed by atoms with Crippen LogP contribution in [0.4, 0.5) is 5.82 Å². The Morgan fingerprint density at radius 1 is 1.19 bits per heavy atom. The van der Waals surface area contributed by atoms with E-state index in [2.05, 4.69) is 15.2 Å². The second-order valence-corrected chi connectivity index (χ2v) is 3.34. The maximum atomic E-state index is 5.75. The Balaban J connectivity index is 2.31. The van der Waals surface area contributed by atoms with Crippen LogP contribution in [0.3, 0.4) is 0 Å². The van der Waals surface area contributed by atoms with Gasteiger partial charge in [-0.2, -0.15) is 0 Å². The molecule has 1 aromatic carbocycles. The van der Waals surface area contributed by atoms with Gasteiger partial charge in [0.05, 0.1) is 5.56 Å². The van der Waals surface area contributed by atoms with Crippen molar-refractivity contribution in [2.75, 3.05) is 5.73 Å². The van der Waals surface area contributed by atoms with Gasteiger partial charge >= 0.3 is 0 Å². The molecule has 2 heterocycles. The smallest absolute Gasteiger partial charge is 0.153 e. The normalized spacial score (nSPS) is 10.8. The van der Waals surface area contributed by atoms with Gasteiger partial charge in [0.15, 0.2) is 5.82 Å². The van der Waals surface area contributed by atoms with E-state index < -0.39 is 0 Å². The fraction of sp³-hybridized carbons (Fsp3) is 0. The van der Waals surface area contributed by atoms with Gasteiger partial charge in [-0.25, -0.2) is 4.98 Å². The van der Waals surface area contributed by atoms with Crippen LogP contribution in [0.5, 0.6) is 0 Å². The lowest BCUT2D eigenvalue weighted by atomic mass is 10.1. The summed E-state index contributed by atoms with van der Waals surface area (Å²) in [5.74, 6) is 0.349. The summed E-state index contributed by atoms with van der Waals surface area (Å²) in [6, 6.07) is 7.68. The van der Waals surface area contributed by atoms with Crippen LogP contribution in [-0.4, -0.2) is 15.2 Å². The standard InChI is InChI=1S/C11H8N4O/c12-11-10(15-14-6-13-11)8-5-16-9-4-2-1-3-7(8)9/h1-6H,(H2,12,13,14). The molecule has 78 valence electrons. The molecular formula is C11H8N4O. The highest BCUT2D eigenvalue weighted by Crippen LogP contribution is 2.30. The Labute approximate surface area is 90.9 Å². The predicted molar refractivity (Wildman–Crippen MR) is 59.4 cm³/mol. The number of hydrogen-bond acceptors (Lipinski definition) is 5. The van der Waals surface area contributed by atoms with E-state index in [1.54, 1.807) is 6.26 Å². The molecule has 5 nitrogen and oxygen atoms in total. The molecule has 0 amide bonds. The third-order valence-corrected chi connectivity index (χ3v) is 2.38. The third-order valence-electron chi connectivity index (χ3n) is 2.38. The summed E-state index contributed by atoms with van der Waals surface area (Å²) >= 11 is 0. The zero-order valence-electron chi connectivity index (χ0n) is 8.29. The molecule has 0 aliphatic carbocycles. The molecule has 0 fully saturated rings. The molecule has 5 heteroatoms. The maximum Gasteiger partial charge on any atom is 0.153 e. The number of fused-ring (bicyclic) bond motifs is 1. The second kappa shape index (κ2) is 3.30. The zero-order chi connectivity index (χ0) is 11.0. The van der Waals surface area contributed by atoms with Crippen molar-refractivity contribution in [1.29, 1.82) is 0 Å². The first-order valence-electron chi connectivity index (χ1n) is 4.76. The van der Waals surface area contributed by atoms with Crippen LogP contribution in [0.25, 0.3) is 22.2 Å². The van der Waals surface area contributed by atoms with E-state index in [1.807, 2.05) is 24.3 Å². The van der Waals surface area contributed by atoms with E-state index >= 15 is 0 Å². The van der Waals surface area contributed by atoms with Crippen LogP contribution in [0, 0.1) is 0 Å². The predicted octanol–water partition coefficient (Wildman–Crippen LogP) is 1.87. The number of aromatic nitrogens is 3. The Hall–Kier alpha value is -2.43. The Morgan fingerprint density at radius 2 is 2.06 bits per heavy atom. The first-order chi connectivity index (χ1) is 7.86. The van der Waals surface area contributed by atoms with Crippen molar-refractivity contribution in [3.63, 3.8) is 0 Å². The molecule has 2 N–H and O–H groups in total. The number of hydrogen-bond donors (Lipinski definition) is 1. The fourth-order valence-electron chi connectivity index (χ4n) is 1.64. The van der Waals surface area contributed by atoms with E-state index in [0.717, 1.165) is 16.5 Å². The number of nitrogen functional groups attached to an aromatic ring is 1. The molecule has 0 saturated carbocycles. The summed E-state index contributed by atoms with van der Waals surface area (Å²) in [5, 5.41) is 8.65. The molecule has 2 aromatic heterocycles. The molecule has 3 aromatic rings. The Bertz CT molecular complexity index is 647. The zero-order valence-corrected chi connectivity index (χ0v) is 8.29. The molecule has 0 saturated heterocycles. The van der Waals surface area contributed by atoms with Crippen LogP contribution in [0.1, 0.15) is 0 Å². The average Bonchev–Trinajstić information content (AvgIpc) is 2.74. The van der Waals surface area contributed by atoms with Crippen molar-refractivity contribution in [2.45, 2.75) is 0 Å². The van der Waals surface area contributed by atoms with Gasteiger partial charge in [-0.05, 0) is 6.07 Å². The third kappa shape index (κ3) is 1.22. The molecule has 0 aliphatic heterocycles. The lowest BCUT2D eigenvalue weighted by molar-refractivity contribution is 0.616. The molecule has 0 aliphatic rings. The number of nitrogens with two attached hydrogens (primary N) is 1. The lowest BCUT2D eigenvalue weighted by Gasteiger charge is -1.98.